The van der Waals surface area contributed by atoms with Crippen LogP contribution in [0.25, 0.3) is 10.1 Å². The number of fused-ring (bicyclic) bond motifs is 1. The molecule has 0 saturated heterocycles. The smallest absolute Gasteiger partial charge is 0.306 e. The van der Waals surface area contributed by atoms with E-state index in [1.165, 1.54) is 12.1 Å². The molecule has 1 heterocycles. The van der Waals surface area contributed by atoms with Crippen LogP contribution in [0.3, 0.4) is 0 Å². The summed E-state index contributed by atoms with van der Waals surface area (Å²) in [6, 6.07) is 7.68. The number of ether oxygens (including phenoxy) is 1. The van der Waals surface area contributed by atoms with Gasteiger partial charge in [0.15, 0.2) is 0 Å². The van der Waals surface area contributed by atoms with Gasteiger partial charge in [0.2, 0.25) is 0 Å². The quantitative estimate of drug-likeness (QED) is 0.380. The molecule has 36 heavy (non-hydrogen) atoms. The minimum Gasteiger partial charge on any atom is -0.490 e. The highest BCUT2D eigenvalue weighted by Gasteiger charge is 2.28. The van der Waals surface area contributed by atoms with Crippen molar-refractivity contribution < 1.29 is 37.4 Å². The molecule has 1 aliphatic rings. The van der Waals surface area contributed by atoms with Crippen LogP contribution < -0.4 is 15.4 Å². The number of aliphatic carboxylic acids is 1. The molecule has 0 atom stereocenters. The number of benzene rings is 2. The molecule has 11 heteroatoms. The number of amides is 2. The zero-order valence-corrected chi connectivity index (χ0v) is 19.8. The summed E-state index contributed by atoms with van der Waals surface area (Å²) in [4.78, 5) is 36.0. The molecule has 4 rings (SSSR count). The Morgan fingerprint density at radius 1 is 0.917 bits per heavy atom. The Balaban J connectivity index is 1.27. The van der Waals surface area contributed by atoms with Crippen LogP contribution in [0.15, 0.2) is 36.4 Å². The largest absolute Gasteiger partial charge is 0.490 e. The monoisotopic (exact) mass is 520 g/mol. The van der Waals surface area contributed by atoms with Crippen molar-refractivity contribution in [1.29, 1.82) is 0 Å². The van der Waals surface area contributed by atoms with E-state index in [1.54, 1.807) is 12.1 Å². The minimum atomic E-state index is -1.09. The first kappa shape index (κ1) is 25.5. The minimum absolute atomic E-state index is 0.0105. The summed E-state index contributed by atoms with van der Waals surface area (Å²) in [7, 11) is 0. The van der Waals surface area contributed by atoms with Crippen LogP contribution in [0.4, 0.5) is 13.2 Å². The number of carbonyl (C=O) groups excluding carboxylic acids is 2. The standard InChI is InChI=1S/C25H23F3N2O5S/c26-15-4-1-14-9-21(36-20(14)10-15)23(31)29-7-8-30-24(32)22-18(27)11-17(12-19(22)28)35-16-5-2-13(3-6-16)25(33)34/h1,4,9-13,16H,2-3,5-8H2,(H,29,31)(H,30,32)(H,33,34). The molecule has 1 aliphatic carbocycles. The van der Waals surface area contributed by atoms with Gasteiger partial charge in [0, 0.05) is 29.9 Å². The Labute approximate surface area is 208 Å². The van der Waals surface area contributed by atoms with Gasteiger partial charge in [-0.2, -0.15) is 0 Å². The summed E-state index contributed by atoms with van der Waals surface area (Å²) < 4.78 is 48.6. The van der Waals surface area contributed by atoms with Gasteiger partial charge in [0.25, 0.3) is 11.8 Å². The first-order chi connectivity index (χ1) is 17.2. The lowest BCUT2D eigenvalue weighted by molar-refractivity contribution is -0.143. The average molecular weight is 521 g/mol. The molecule has 1 fully saturated rings. The number of carboxylic acids is 1. The predicted octanol–water partition coefficient (Wildman–Crippen LogP) is 4.50. The zero-order chi connectivity index (χ0) is 25.8. The van der Waals surface area contributed by atoms with Gasteiger partial charge in [0.05, 0.1) is 16.9 Å². The van der Waals surface area contributed by atoms with Gasteiger partial charge in [-0.25, -0.2) is 13.2 Å². The summed E-state index contributed by atoms with van der Waals surface area (Å²) in [5.41, 5.74) is -0.769. The normalized spacial score (nSPS) is 17.5. The second-order valence-corrected chi connectivity index (χ2v) is 9.58. The molecule has 1 saturated carbocycles. The summed E-state index contributed by atoms with van der Waals surface area (Å²) in [5.74, 6) is -5.36. The second kappa shape index (κ2) is 11.0. The van der Waals surface area contributed by atoms with E-state index in [2.05, 4.69) is 10.6 Å². The van der Waals surface area contributed by atoms with Crippen molar-refractivity contribution in [2.24, 2.45) is 5.92 Å². The van der Waals surface area contributed by atoms with Crippen molar-refractivity contribution >= 4 is 39.2 Å². The number of carboxylic acid groups (broad SMARTS) is 1. The molecule has 2 amide bonds. The number of thiophene rings is 1. The Morgan fingerprint density at radius 2 is 1.56 bits per heavy atom. The number of carbonyl (C=O) groups is 3. The topological polar surface area (TPSA) is 105 Å². The fraction of sp³-hybridized carbons (Fsp3) is 0.320. The molecule has 0 unspecified atom stereocenters. The van der Waals surface area contributed by atoms with E-state index in [4.69, 9.17) is 9.84 Å². The van der Waals surface area contributed by atoms with Gasteiger partial charge in [0.1, 0.15) is 28.8 Å². The second-order valence-electron chi connectivity index (χ2n) is 8.50. The number of rotatable bonds is 8. The van der Waals surface area contributed by atoms with Gasteiger partial charge in [-0.15, -0.1) is 11.3 Å². The summed E-state index contributed by atoms with van der Waals surface area (Å²) in [6.45, 7) is -0.0648. The van der Waals surface area contributed by atoms with Crippen LogP contribution in [0.5, 0.6) is 5.75 Å². The Hall–Kier alpha value is -3.60. The number of hydrogen-bond donors (Lipinski definition) is 3. The molecule has 0 radical (unpaired) electrons. The molecule has 2 aromatic carbocycles. The molecule has 190 valence electrons. The van der Waals surface area contributed by atoms with Crippen molar-refractivity contribution in [2.75, 3.05) is 13.1 Å². The summed E-state index contributed by atoms with van der Waals surface area (Å²) in [6.07, 6.45) is 1.38. The van der Waals surface area contributed by atoms with E-state index in [1.807, 2.05) is 0 Å². The van der Waals surface area contributed by atoms with Crippen molar-refractivity contribution in [1.82, 2.24) is 10.6 Å². The van der Waals surface area contributed by atoms with Crippen molar-refractivity contribution in [3.8, 4) is 5.75 Å². The van der Waals surface area contributed by atoms with Gasteiger partial charge >= 0.3 is 5.97 Å². The lowest BCUT2D eigenvalue weighted by Crippen LogP contribution is -2.35. The highest BCUT2D eigenvalue weighted by Crippen LogP contribution is 2.29. The van der Waals surface area contributed by atoms with Crippen molar-refractivity contribution in [2.45, 2.75) is 31.8 Å². The third kappa shape index (κ3) is 5.96. The first-order valence-electron chi connectivity index (χ1n) is 11.3. The molecule has 0 spiro atoms. The molecular weight excluding hydrogens is 497 g/mol. The van der Waals surface area contributed by atoms with E-state index < -0.39 is 46.7 Å². The highest BCUT2D eigenvalue weighted by molar-refractivity contribution is 7.20. The maximum absolute atomic E-state index is 14.5. The third-order valence-electron chi connectivity index (χ3n) is 5.97. The van der Waals surface area contributed by atoms with E-state index >= 15 is 0 Å². The highest BCUT2D eigenvalue weighted by atomic mass is 32.1. The van der Waals surface area contributed by atoms with Crippen LogP contribution in [-0.4, -0.2) is 42.1 Å². The third-order valence-corrected chi connectivity index (χ3v) is 7.07. The Bertz CT molecular complexity index is 1280. The summed E-state index contributed by atoms with van der Waals surface area (Å²) in [5, 5.41) is 14.7. The Morgan fingerprint density at radius 3 is 2.19 bits per heavy atom. The SMILES string of the molecule is O=C(NCCNC(=O)c1c(F)cc(OC2CCC(C(=O)O)CC2)cc1F)c1cc2ccc(F)cc2s1. The molecule has 7 nitrogen and oxygen atoms in total. The van der Waals surface area contributed by atoms with Crippen LogP contribution >= 0.6 is 11.3 Å². The van der Waals surface area contributed by atoms with E-state index in [0.29, 0.717) is 35.3 Å². The summed E-state index contributed by atoms with van der Waals surface area (Å²) >= 11 is 1.12. The molecule has 0 aliphatic heterocycles. The molecule has 1 aromatic heterocycles. The van der Waals surface area contributed by atoms with Gasteiger partial charge in [-0.1, -0.05) is 6.07 Å². The van der Waals surface area contributed by atoms with Gasteiger partial charge < -0.3 is 20.5 Å². The average Bonchev–Trinajstić information content (AvgIpc) is 3.25. The Kier molecular flexibility index (Phi) is 7.78. The van der Waals surface area contributed by atoms with Crippen LogP contribution in [0.2, 0.25) is 0 Å². The van der Waals surface area contributed by atoms with Gasteiger partial charge in [-0.05, 0) is 49.3 Å². The lowest BCUT2D eigenvalue weighted by Gasteiger charge is -2.26. The van der Waals surface area contributed by atoms with E-state index in [-0.39, 0.29) is 24.9 Å². The first-order valence-corrected chi connectivity index (χ1v) is 12.2. The molecule has 3 aromatic rings. The van der Waals surface area contributed by atoms with Crippen LogP contribution in [0.1, 0.15) is 45.7 Å². The number of halogens is 3. The predicted molar refractivity (Wildman–Crippen MR) is 127 cm³/mol. The zero-order valence-electron chi connectivity index (χ0n) is 19.0. The maximum Gasteiger partial charge on any atom is 0.306 e. The molecule has 0 bridgehead atoms. The van der Waals surface area contributed by atoms with Crippen molar-refractivity contribution in [3.63, 3.8) is 0 Å². The molecule has 3 N–H and O–H groups in total. The number of nitrogens with one attached hydrogen (secondary N) is 2. The fourth-order valence-electron chi connectivity index (χ4n) is 4.10. The maximum atomic E-state index is 14.5. The van der Waals surface area contributed by atoms with Crippen molar-refractivity contribution in [3.05, 3.63) is 64.3 Å². The fourth-order valence-corrected chi connectivity index (χ4v) is 5.10. The number of hydrogen-bond acceptors (Lipinski definition) is 5. The lowest BCUT2D eigenvalue weighted by atomic mass is 9.87. The van der Waals surface area contributed by atoms with E-state index in [0.717, 1.165) is 28.9 Å². The van der Waals surface area contributed by atoms with E-state index in [9.17, 15) is 27.6 Å². The van der Waals surface area contributed by atoms with Crippen LogP contribution in [-0.2, 0) is 4.79 Å². The van der Waals surface area contributed by atoms with Crippen LogP contribution in [0, 0.1) is 23.4 Å². The van der Waals surface area contributed by atoms with Gasteiger partial charge in [-0.3, -0.25) is 14.4 Å². The molecular formula is C25H23F3N2O5S.